The first-order chi connectivity index (χ1) is 8.09. The second kappa shape index (κ2) is 4.79. The zero-order valence-corrected chi connectivity index (χ0v) is 9.41. The molecule has 2 rings (SSSR count). The van der Waals surface area contributed by atoms with Gasteiger partial charge in [0.15, 0.2) is 0 Å². The summed E-state index contributed by atoms with van der Waals surface area (Å²) >= 11 is 0. The normalized spacial score (nSPS) is 30.2. The van der Waals surface area contributed by atoms with Gasteiger partial charge in [0.2, 0.25) is 0 Å². The van der Waals surface area contributed by atoms with Crippen LogP contribution in [0, 0.1) is 22.0 Å². The highest BCUT2D eigenvalue weighted by Gasteiger charge is 2.35. The SMILES string of the molecule is O=C1CCC[C@@H]1[C@@H](O)C1C=CC([N+](=O)[O-])=CC1. The molecular weight excluding hydrogens is 222 g/mol. The van der Waals surface area contributed by atoms with E-state index in [1.165, 1.54) is 12.2 Å². The van der Waals surface area contributed by atoms with Crippen LogP contribution in [0.4, 0.5) is 0 Å². The molecule has 1 N–H and O–H groups in total. The monoisotopic (exact) mass is 237 g/mol. The first kappa shape index (κ1) is 12.0. The van der Waals surface area contributed by atoms with Crippen molar-refractivity contribution in [2.75, 3.05) is 0 Å². The molecule has 2 aliphatic rings. The van der Waals surface area contributed by atoms with Crippen LogP contribution in [0.15, 0.2) is 23.9 Å². The number of nitrogens with zero attached hydrogens (tertiary/aromatic N) is 1. The molecule has 17 heavy (non-hydrogen) atoms. The lowest BCUT2D eigenvalue weighted by Crippen LogP contribution is -2.31. The number of aliphatic hydroxyl groups excluding tert-OH is 1. The minimum Gasteiger partial charge on any atom is -0.392 e. The standard InChI is InChI=1S/C12H15NO4/c14-11-3-1-2-10(11)12(15)8-4-6-9(7-5-8)13(16)17/h4,6-8,10,12,15H,1-3,5H2/t8?,10-,12-/m0/s1. The average Bonchev–Trinajstić information content (AvgIpc) is 2.74. The zero-order valence-electron chi connectivity index (χ0n) is 9.41. The van der Waals surface area contributed by atoms with E-state index in [-0.39, 0.29) is 23.3 Å². The van der Waals surface area contributed by atoms with Gasteiger partial charge in [0.05, 0.1) is 11.0 Å². The molecule has 0 spiro atoms. The molecule has 0 radical (unpaired) electrons. The van der Waals surface area contributed by atoms with Crippen LogP contribution in [-0.2, 0) is 4.79 Å². The third-order valence-electron chi connectivity index (χ3n) is 3.53. The first-order valence-corrected chi connectivity index (χ1v) is 5.83. The van der Waals surface area contributed by atoms with Crippen LogP contribution in [0.3, 0.4) is 0 Å². The molecule has 0 amide bonds. The molecule has 0 bridgehead atoms. The lowest BCUT2D eigenvalue weighted by atomic mass is 9.85. The number of hydrogen-bond acceptors (Lipinski definition) is 4. The van der Waals surface area contributed by atoms with Crippen molar-refractivity contribution in [1.82, 2.24) is 0 Å². The van der Waals surface area contributed by atoms with Crippen molar-refractivity contribution in [1.29, 1.82) is 0 Å². The molecule has 1 saturated carbocycles. The fourth-order valence-corrected chi connectivity index (χ4v) is 2.52. The maximum absolute atomic E-state index is 11.5. The molecule has 0 saturated heterocycles. The smallest absolute Gasteiger partial charge is 0.265 e. The van der Waals surface area contributed by atoms with Gasteiger partial charge >= 0.3 is 0 Å². The lowest BCUT2D eigenvalue weighted by molar-refractivity contribution is -0.419. The number of ketones is 1. The topological polar surface area (TPSA) is 80.4 Å². The van der Waals surface area contributed by atoms with Crippen LogP contribution in [0.1, 0.15) is 25.7 Å². The highest BCUT2D eigenvalue weighted by molar-refractivity contribution is 5.83. The number of carbonyl (C=O) groups is 1. The van der Waals surface area contributed by atoms with Crippen LogP contribution in [0.2, 0.25) is 0 Å². The minimum atomic E-state index is -0.703. The van der Waals surface area contributed by atoms with Gasteiger partial charge in [-0.1, -0.05) is 6.08 Å². The predicted octanol–water partition coefficient (Wildman–Crippen LogP) is 1.45. The molecule has 0 aromatic heterocycles. The quantitative estimate of drug-likeness (QED) is 0.595. The van der Waals surface area contributed by atoms with Gasteiger partial charge in [-0.25, -0.2) is 0 Å². The highest BCUT2D eigenvalue weighted by Crippen LogP contribution is 2.31. The fraction of sp³-hybridized carbons (Fsp3) is 0.583. The second-order valence-corrected chi connectivity index (χ2v) is 4.60. The minimum absolute atomic E-state index is 0.0613. The molecule has 2 aliphatic carbocycles. The number of carbonyl (C=O) groups excluding carboxylic acids is 1. The molecule has 0 aromatic rings. The molecule has 3 atom stereocenters. The number of aliphatic hydroxyl groups is 1. The summed E-state index contributed by atoms with van der Waals surface area (Å²) in [4.78, 5) is 21.6. The Hall–Kier alpha value is -1.49. The maximum Gasteiger partial charge on any atom is 0.265 e. The van der Waals surface area contributed by atoms with Gasteiger partial charge in [-0.3, -0.25) is 14.9 Å². The van der Waals surface area contributed by atoms with Gasteiger partial charge in [0.1, 0.15) is 5.78 Å². The van der Waals surface area contributed by atoms with Gasteiger partial charge in [-0.2, -0.15) is 0 Å². The van der Waals surface area contributed by atoms with Crippen molar-refractivity contribution in [3.63, 3.8) is 0 Å². The summed E-state index contributed by atoms with van der Waals surface area (Å²) in [5, 5.41) is 20.6. The summed E-state index contributed by atoms with van der Waals surface area (Å²) in [5.74, 6) is -0.337. The second-order valence-electron chi connectivity index (χ2n) is 4.60. The molecule has 92 valence electrons. The van der Waals surface area contributed by atoms with Gasteiger partial charge in [-0.15, -0.1) is 0 Å². The molecule has 0 heterocycles. The molecule has 5 heteroatoms. The Bertz CT molecular complexity index is 399. The number of Topliss-reactive ketones (excluding diaryl/α,β-unsaturated/α-hetero) is 1. The van der Waals surface area contributed by atoms with E-state index in [1.807, 2.05) is 0 Å². The van der Waals surface area contributed by atoms with E-state index in [2.05, 4.69) is 0 Å². The molecule has 5 nitrogen and oxygen atoms in total. The van der Waals surface area contributed by atoms with Crippen LogP contribution in [0.5, 0.6) is 0 Å². The van der Waals surface area contributed by atoms with E-state index in [4.69, 9.17) is 0 Å². The molecular formula is C12H15NO4. The van der Waals surface area contributed by atoms with Crippen LogP contribution < -0.4 is 0 Å². The van der Waals surface area contributed by atoms with Crippen molar-refractivity contribution in [3.8, 4) is 0 Å². The van der Waals surface area contributed by atoms with Crippen molar-refractivity contribution in [2.45, 2.75) is 31.8 Å². The van der Waals surface area contributed by atoms with E-state index < -0.39 is 11.0 Å². The van der Waals surface area contributed by atoms with E-state index in [9.17, 15) is 20.0 Å². The maximum atomic E-state index is 11.5. The van der Waals surface area contributed by atoms with Gasteiger partial charge in [0, 0.05) is 24.3 Å². The molecule has 1 unspecified atom stereocenters. The highest BCUT2D eigenvalue weighted by atomic mass is 16.6. The van der Waals surface area contributed by atoms with E-state index >= 15 is 0 Å². The molecule has 0 aromatic carbocycles. The van der Waals surface area contributed by atoms with Crippen LogP contribution in [-0.4, -0.2) is 21.9 Å². The number of hydrogen-bond donors (Lipinski definition) is 1. The van der Waals surface area contributed by atoms with Crippen molar-refractivity contribution in [3.05, 3.63) is 34.0 Å². The predicted molar refractivity (Wildman–Crippen MR) is 60.7 cm³/mol. The van der Waals surface area contributed by atoms with E-state index in [1.54, 1.807) is 6.08 Å². The number of rotatable bonds is 3. The number of allylic oxidation sites excluding steroid dienone is 2. The Morgan fingerprint density at radius 2 is 2.29 bits per heavy atom. The third-order valence-corrected chi connectivity index (χ3v) is 3.53. The summed E-state index contributed by atoms with van der Waals surface area (Å²) in [6.07, 6.45) is 6.42. The van der Waals surface area contributed by atoms with Gasteiger partial charge < -0.3 is 5.11 Å². The zero-order chi connectivity index (χ0) is 12.4. The van der Waals surface area contributed by atoms with Crippen molar-refractivity contribution < 1.29 is 14.8 Å². The molecule has 0 aliphatic heterocycles. The molecule has 1 fully saturated rings. The third kappa shape index (κ3) is 2.44. The Kier molecular flexibility index (Phi) is 3.38. The summed E-state index contributed by atoms with van der Waals surface area (Å²) in [6, 6.07) is 0. The Labute approximate surface area is 99.0 Å². The summed E-state index contributed by atoms with van der Waals surface area (Å²) < 4.78 is 0. The number of nitro groups is 1. The largest absolute Gasteiger partial charge is 0.392 e. The fourth-order valence-electron chi connectivity index (χ4n) is 2.52. The van der Waals surface area contributed by atoms with Gasteiger partial charge in [0.25, 0.3) is 5.70 Å². The van der Waals surface area contributed by atoms with E-state index in [0.717, 1.165) is 12.8 Å². The van der Waals surface area contributed by atoms with Gasteiger partial charge in [-0.05, 0) is 25.3 Å². The summed E-state index contributed by atoms with van der Waals surface area (Å²) in [7, 11) is 0. The average molecular weight is 237 g/mol. The lowest BCUT2D eigenvalue weighted by Gasteiger charge is -2.24. The first-order valence-electron chi connectivity index (χ1n) is 5.83. The van der Waals surface area contributed by atoms with Crippen molar-refractivity contribution in [2.24, 2.45) is 11.8 Å². The Morgan fingerprint density at radius 3 is 2.76 bits per heavy atom. The summed E-state index contributed by atoms with van der Waals surface area (Å²) in [6.45, 7) is 0. The van der Waals surface area contributed by atoms with E-state index in [0.29, 0.717) is 12.8 Å². The summed E-state index contributed by atoms with van der Waals surface area (Å²) in [5.41, 5.74) is 0.0613. The Morgan fingerprint density at radius 1 is 1.53 bits per heavy atom. The van der Waals surface area contributed by atoms with Crippen LogP contribution in [0.25, 0.3) is 0 Å². The Balaban J connectivity index is 2.00. The van der Waals surface area contributed by atoms with Crippen LogP contribution >= 0.6 is 0 Å². The van der Waals surface area contributed by atoms with Crippen molar-refractivity contribution >= 4 is 5.78 Å².